The number of aromatic nitrogens is 3. The maximum atomic E-state index is 12.4. The van der Waals surface area contributed by atoms with E-state index < -0.39 is 11.9 Å². The smallest absolute Gasteiger partial charge is 0.338 e. The zero-order valence-electron chi connectivity index (χ0n) is 15.2. The Kier molecular flexibility index (Phi) is 5.41. The number of aryl methyl sites for hydroxylation is 1. The van der Waals surface area contributed by atoms with Gasteiger partial charge in [-0.25, -0.2) is 14.5 Å². The molecule has 0 N–H and O–H groups in total. The number of pyridine rings is 1. The largest absolute Gasteiger partial charge is 0.465 e. The van der Waals surface area contributed by atoms with E-state index in [1.807, 2.05) is 0 Å². The van der Waals surface area contributed by atoms with Gasteiger partial charge in [-0.2, -0.15) is 5.10 Å². The van der Waals surface area contributed by atoms with E-state index in [1.54, 1.807) is 44.2 Å². The molecule has 0 fully saturated rings. The molecule has 2 aromatic heterocycles. The zero-order valence-corrected chi connectivity index (χ0v) is 15.9. The lowest BCUT2D eigenvalue weighted by molar-refractivity contribution is -0.143. The predicted octanol–water partition coefficient (Wildman–Crippen LogP) is 3.41. The highest BCUT2D eigenvalue weighted by molar-refractivity contribution is 6.30. The topological polar surface area (TPSA) is 83.3 Å². The van der Waals surface area contributed by atoms with Gasteiger partial charge in [0.05, 0.1) is 36.1 Å². The first-order valence-electron chi connectivity index (χ1n) is 8.32. The zero-order chi connectivity index (χ0) is 19.6. The molecule has 0 saturated carbocycles. The molecular formula is C19H18ClN3O4. The van der Waals surface area contributed by atoms with Crippen LogP contribution in [0.15, 0.2) is 30.3 Å². The summed E-state index contributed by atoms with van der Waals surface area (Å²) in [6, 6.07) is 8.73. The van der Waals surface area contributed by atoms with Crippen LogP contribution in [0, 0.1) is 6.92 Å². The quantitative estimate of drug-likeness (QED) is 0.624. The van der Waals surface area contributed by atoms with Crippen LogP contribution in [0.3, 0.4) is 0 Å². The SMILES string of the molecule is CCOC(=O)Cn1nc(C)c2c(C(=O)OC)cc(-c3ccc(Cl)cc3)nc21. The van der Waals surface area contributed by atoms with Crippen LogP contribution in [0.5, 0.6) is 0 Å². The van der Waals surface area contributed by atoms with E-state index >= 15 is 0 Å². The average molecular weight is 388 g/mol. The number of hydrogen-bond acceptors (Lipinski definition) is 6. The van der Waals surface area contributed by atoms with E-state index in [-0.39, 0.29) is 13.2 Å². The summed E-state index contributed by atoms with van der Waals surface area (Å²) in [7, 11) is 1.31. The number of benzene rings is 1. The molecule has 0 aliphatic heterocycles. The molecule has 0 spiro atoms. The van der Waals surface area contributed by atoms with Crippen LogP contribution in [0.1, 0.15) is 23.0 Å². The lowest BCUT2D eigenvalue weighted by atomic mass is 10.1. The molecule has 0 saturated heterocycles. The Labute approximate surface area is 160 Å². The van der Waals surface area contributed by atoms with Crippen LogP contribution in [-0.2, 0) is 20.8 Å². The molecule has 0 amide bonds. The second-order valence-corrected chi connectivity index (χ2v) is 6.24. The van der Waals surface area contributed by atoms with Gasteiger partial charge in [0.25, 0.3) is 0 Å². The summed E-state index contributed by atoms with van der Waals surface area (Å²) in [5, 5.41) is 5.50. The van der Waals surface area contributed by atoms with Gasteiger partial charge in [0.15, 0.2) is 5.65 Å². The van der Waals surface area contributed by atoms with Crippen LogP contribution in [0.2, 0.25) is 5.02 Å². The first-order valence-corrected chi connectivity index (χ1v) is 8.70. The van der Waals surface area contributed by atoms with Gasteiger partial charge in [-0.1, -0.05) is 23.7 Å². The summed E-state index contributed by atoms with van der Waals surface area (Å²) < 4.78 is 11.4. The third kappa shape index (κ3) is 3.78. The van der Waals surface area contributed by atoms with Gasteiger partial charge in [-0.15, -0.1) is 0 Å². The van der Waals surface area contributed by atoms with Gasteiger partial charge >= 0.3 is 11.9 Å². The second-order valence-electron chi connectivity index (χ2n) is 5.80. The number of methoxy groups -OCH3 is 1. The third-order valence-corrected chi connectivity index (χ3v) is 4.26. The Hall–Kier alpha value is -2.93. The van der Waals surface area contributed by atoms with Crippen molar-refractivity contribution in [3.63, 3.8) is 0 Å². The van der Waals surface area contributed by atoms with Crippen LogP contribution >= 0.6 is 11.6 Å². The van der Waals surface area contributed by atoms with Crippen LogP contribution in [-0.4, -0.2) is 40.4 Å². The Morgan fingerprint density at radius 1 is 1.22 bits per heavy atom. The van der Waals surface area contributed by atoms with E-state index in [1.165, 1.54) is 11.8 Å². The number of rotatable bonds is 5. The maximum Gasteiger partial charge on any atom is 0.338 e. The van der Waals surface area contributed by atoms with E-state index in [0.29, 0.717) is 33.0 Å². The third-order valence-electron chi connectivity index (χ3n) is 4.01. The fourth-order valence-corrected chi connectivity index (χ4v) is 2.96. The Balaban J connectivity index is 2.22. The molecule has 3 rings (SSSR count). The Morgan fingerprint density at radius 3 is 2.56 bits per heavy atom. The molecule has 2 heterocycles. The van der Waals surface area contributed by atoms with Crippen molar-refractivity contribution >= 4 is 34.6 Å². The summed E-state index contributed by atoms with van der Waals surface area (Å²) in [5.74, 6) is -0.934. The molecule has 27 heavy (non-hydrogen) atoms. The van der Waals surface area contributed by atoms with Crippen molar-refractivity contribution in [3.05, 3.63) is 46.6 Å². The molecule has 8 heteroatoms. The van der Waals surface area contributed by atoms with Crippen LogP contribution in [0.4, 0.5) is 0 Å². The van der Waals surface area contributed by atoms with E-state index in [9.17, 15) is 9.59 Å². The van der Waals surface area contributed by atoms with E-state index in [0.717, 1.165) is 5.56 Å². The number of fused-ring (bicyclic) bond motifs is 1. The van der Waals surface area contributed by atoms with Gasteiger partial charge in [0.2, 0.25) is 0 Å². The van der Waals surface area contributed by atoms with Gasteiger partial charge in [-0.3, -0.25) is 4.79 Å². The second kappa shape index (κ2) is 7.75. The fourth-order valence-electron chi connectivity index (χ4n) is 2.83. The van der Waals surface area contributed by atoms with Crippen LogP contribution < -0.4 is 0 Å². The number of nitrogens with zero attached hydrogens (tertiary/aromatic N) is 3. The first kappa shape index (κ1) is 18.8. The number of hydrogen-bond donors (Lipinski definition) is 0. The highest BCUT2D eigenvalue weighted by Gasteiger charge is 2.21. The molecule has 1 aromatic carbocycles. The van der Waals surface area contributed by atoms with Crippen molar-refractivity contribution in [2.24, 2.45) is 0 Å². The van der Waals surface area contributed by atoms with Crippen molar-refractivity contribution in [2.45, 2.75) is 20.4 Å². The summed E-state index contributed by atoms with van der Waals surface area (Å²) in [4.78, 5) is 28.9. The van der Waals surface area contributed by atoms with Gasteiger partial charge in [0, 0.05) is 10.6 Å². The van der Waals surface area contributed by atoms with Gasteiger partial charge in [-0.05, 0) is 32.0 Å². The van der Waals surface area contributed by atoms with Gasteiger partial charge < -0.3 is 9.47 Å². The molecule has 0 aliphatic rings. The monoisotopic (exact) mass is 387 g/mol. The highest BCUT2D eigenvalue weighted by Crippen LogP contribution is 2.28. The summed E-state index contributed by atoms with van der Waals surface area (Å²) >= 11 is 5.95. The fraction of sp³-hybridized carbons (Fsp3) is 0.263. The van der Waals surface area contributed by atoms with Gasteiger partial charge in [0.1, 0.15) is 6.54 Å². The summed E-state index contributed by atoms with van der Waals surface area (Å²) in [6.07, 6.45) is 0. The number of ether oxygens (including phenoxy) is 2. The number of carbonyl (C=O) groups excluding carboxylic acids is 2. The molecular weight excluding hydrogens is 370 g/mol. The minimum atomic E-state index is -0.503. The minimum Gasteiger partial charge on any atom is -0.465 e. The van der Waals surface area contributed by atoms with Crippen LogP contribution in [0.25, 0.3) is 22.3 Å². The standard InChI is InChI=1S/C19H18ClN3O4/c1-4-27-16(24)10-23-18-17(11(2)22-23)14(19(25)26-3)9-15(21-18)12-5-7-13(20)8-6-12/h5-9H,4,10H2,1-3H3. The maximum absolute atomic E-state index is 12.4. The van der Waals surface area contributed by atoms with Crippen molar-refractivity contribution in [1.82, 2.24) is 14.8 Å². The molecule has 0 radical (unpaired) electrons. The van der Waals surface area contributed by atoms with E-state index in [4.69, 9.17) is 21.1 Å². The molecule has 0 unspecified atom stereocenters. The normalized spacial score (nSPS) is 10.8. The molecule has 0 atom stereocenters. The highest BCUT2D eigenvalue weighted by atomic mass is 35.5. The lowest BCUT2D eigenvalue weighted by Crippen LogP contribution is -2.15. The van der Waals surface area contributed by atoms with Crippen molar-refractivity contribution in [3.8, 4) is 11.3 Å². The first-order chi connectivity index (χ1) is 12.9. The van der Waals surface area contributed by atoms with E-state index in [2.05, 4.69) is 10.1 Å². The molecule has 140 valence electrons. The number of esters is 2. The Morgan fingerprint density at radius 2 is 1.93 bits per heavy atom. The van der Waals surface area contributed by atoms with Crippen molar-refractivity contribution in [1.29, 1.82) is 0 Å². The average Bonchev–Trinajstić information content (AvgIpc) is 2.96. The predicted molar refractivity (Wildman–Crippen MR) is 101 cm³/mol. The molecule has 3 aromatic rings. The lowest BCUT2D eigenvalue weighted by Gasteiger charge is -2.08. The Bertz CT molecular complexity index is 1010. The number of halogens is 1. The van der Waals surface area contributed by atoms with Crippen molar-refractivity contribution < 1.29 is 19.1 Å². The van der Waals surface area contributed by atoms with Crippen molar-refractivity contribution in [2.75, 3.05) is 13.7 Å². The molecule has 0 bridgehead atoms. The molecule has 7 nitrogen and oxygen atoms in total. The summed E-state index contributed by atoms with van der Waals surface area (Å²) in [6.45, 7) is 3.65. The number of carbonyl (C=O) groups is 2. The molecule has 0 aliphatic carbocycles. The minimum absolute atomic E-state index is 0.101. The summed E-state index contributed by atoms with van der Waals surface area (Å²) in [5.41, 5.74) is 2.64.